The molecule has 1 heterocycles. The van der Waals surface area contributed by atoms with Gasteiger partial charge in [0, 0.05) is 5.56 Å². The molecule has 0 radical (unpaired) electrons. The third kappa shape index (κ3) is 2.38. The van der Waals surface area contributed by atoms with Crippen molar-refractivity contribution in [2.45, 2.75) is 6.92 Å². The maximum atomic E-state index is 13.4. The highest BCUT2D eigenvalue weighted by atomic mass is 19.1. The summed E-state index contributed by atoms with van der Waals surface area (Å²) >= 11 is 0. The molecule has 5 heteroatoms. The molecule has 0 unspecified atom stereocenters. The van der Waals surface area contributed by atoms with Crippen LogP contribution in [0, 0.1) is 18.6 Å². The zero-order valence-corrected chi connectivity index (χ0v) is 11.3. The molecule has 0 saturated heterocycles. The fraction of sp³-hybridized carbons (Fsp3) is 0.0625. The Balaban J connectivity index is 2.16. The van der Waals surface area contributed by atoms with Crippen LogP contribution < -0.4 is 5.73 Å². The second-order valence-corrected chi connectivity index (χ2v) is 4.83. The maximum absolute atomic E-state index is 13.4. The molecule has 3 nitrogen and oxygen atoms in total. The van der Waals surface area contributed by atoms with E-state index < -0.39 is 0 Å². The molecule has 0 bridgehead atoms. The molecule has 21 heavy (non-hydrogen) atoms. The fourth-order valence-electron chi connectivity index (χ4n) is 2.27. The summed E-state index contributed by atoms with van der Waals surface area (Å²) in [5.41, 5.74) is 9.33. The van der Waals surface area contributed by atoms with Crippen molar-refractivity contribution >= 4 is 5.82 Å². The Bertz CT molecular complexity index is 792. The second-order valence-electron chi connectivity index (χ2n) is 4.83. The number of nitrogen functional groups attached to an aromatic ring is 1. The number of H-pyrrole nitrogens is 1. The number of nitrogens with two attached hydrogens (primary N) is 1. The molecular formula is C16H13F2N3. The van der Waals surface area contributed by atoms with E-state index in [1.54, 1.807) is 31.2 Å². The van der Waals surface area contributed by atoms with Gasteiger partial charge in [-0.25, -0.2) is 8.78 Å². The molecule has 0 saturated carbocycles. The van der Waals surface area contributed by atoms with Gasteiger partial charge in [-0.2, -0.15) is 5.10 Å². The number of hydrogen-bond acceptors (Lipinski definition) is 2. The maximum Gasteiger partial charge on any atom is 0.153 e. The van der Waals surface area contributed by atoms with Gasteiger partial charge in [0.25, 0.3) is 0 Å². The van der Waals surface area contributed by atoms with Gasteiger partial charge in [0.15, 0.2) is 5.82 Å². The molecule has 106 valence electrons. The molecule has 2 aromatic carbocycles. The number of aryl methyl sites for hydroxylation is 1. The van der Waals surface area contributed by atoms with E-state index in [4.69, 9.17) is 5.73 Å². The Labute approximate surface area is 120 Å². The molecule has 0 spiro atoms. The predicted molar refractivity (Wildman–Crippen MR) is 78.5 cm³/mol. The van der Waals surface area contributed by atoms with Gasteiger partial charge >= 0.3 is 0 Å². The van der Waals surface area contributed by atoms with Crippen LogP contribution >= 0.6 is 0 Å². The van der Waals surface area contributed by atoms with Crippen LogP contribution in [0.4, 0.5) is 14.6 Å². The van der Waals surface area contributed by atoms with E-state index in [-0.39, 0.29) is 11.6 Å². The molecule has 1 aromatic heterocycles. The van der Waals surface area contributed by atoms with Crippen LogP contribution in [0.5, 0.6) is 0 Å². The highest BCUT2D eigenvalue weighted by Crippen LogP contribution is 2.35. The number of halogens is 2. The Morgan fingerprint density at radius 2 is 1.67 bits per heavy atom. The number of hydrogen-bond donors (Lipinski definition) is 2. The number of anilines is 1. The zero-order valence-electron chi connectivity index (χ0n) is 11.3. The largest absolute Gasteiger partial charge is 0.382 e. The van der Waals surface area contributed by atoms with Crippen molar-refractivity contribution in [3.8, 4) is 22.4 Å². The van der Waals surface area contributed by atoms with Gasteiger partial charge in [-0.3, -0.25) is 5.10 Å². The normalized spacial score (nSPS) is 10.8. The van der Waals surface area contributed by atoms with Gasteiger partial charge in [-0.05, 0) is 48.4 Å². The van der Waals surface area contributed by atoms with E-state index in [9.17, 15) is 8.78 Å². The molecule has 0 aliphatic heterocycles. The molecular weight excluding hydrogens is 272 g/mol. The summed E-state index contributed by atoms with van der Waals surface area (Å²) < 4.78 is 26.4. The topological polar surface area (TPSA) is 54.7 Å². The van der Waals surface area contributed by atoms with Crippen molar-refractivity contribution in [3.63, 3.8) is 0 Å². The molecule has 0 atom stereocenters. The molecule has 0 fully saturated rings. The van der Waals surface area contributed by atoms with Gasteiger partial charge in [-0.15, -0.1) is 0 Å². The summed E-state index contributed by atoms with van der Waals surface area (Å²) in [6.45, 7) is 1.69. The smallest absolute Gasteiger partial charge is 0.153 e. The fourth-order valence-corrected chi connectivity index (χ4v) is 2.27. The first-order valence-corrected chi connectivity index (χ1v) is 6.42. The second kappa shape index (κ2) is 5.01. The first-order chi connectivity index (χ1) is 10.1. The molecule has 3 aromatic rings. The third-order valence-corrected chi connectivity index (χ3v) is 3.37. The summed E-state index contributed by atoms with van der Waals surface area (Å²) in [6, 6.07) is 10.8. The van der Waals surface area contributed by atoms with Crippen molar-refractivity contribution < 1.29 is 8.78 Å². The van der Waals surface area contributed by atoms with Gasteiger partial charge in [0.2, 0.25) is 0 Å². The van der Waals surface area contributed by atoms with Crippen LogP contribution in [0.2, 0.25) is 0 Å². The minimum absolute atomic E-state index is 0.269. The average molecular weight is 285 g/mol. The number of aromatic amines is 1. The highest BCUT2D eigenvalue weighted by molar-refractivity contribution is 5.87. The lowest BCUT2D eigenvalue weighted by molar-refractivity contribution is 0.618. The number of aromatic nitrogens is 2. The molecule has 0 amide bonds. The third-order valence-electron chi connectivity index (χ3n) is 3.37. The number of nitrogens with one attached hydrogen (secondary N) is 1. The van der Waals surface area contributed by atoms with Crippen molar-refractivity contribution in [3.05, 3.63) is 59.7 Å². The van der Waals surface area contributed by atoms with Crippen molar-refractivity contribution in [2.75, 3.05) is 5.73 Å². The van der Waals surface area contributed by atoms with Gasteiger partial charge in [-0.1, -0.05) is 12.1 Å². The summed E-state index contributed by atoms with van der Waals surface area (Å²) in [6.07, 6.45) is 0. The van der Waals surface area contributed by atoms with E-state index in [0.717, 1.165) is 11.1 Å². The van der Waals surface area contributed by atoms with E-state index in [1.165, 1.54) is 18.2 Å². The Hall–Kier alpha value is -2.69. The summed E-state index contributed by atoms with van der Waals surface area (Å²) in [5.74, 6) is -0.270. The van der Waals surface area contributed by atoms with E-state index in [1.807, 2.05) is 0 Å². The zero-order chi connectivity index (χ0) is 15.0. The van der Waals surface area contributed by atoms with Crippen LogP contribution in [-0.4, -0.2) is 10.2 Å². The van der Waals surface area contributed by atoms with Gasteiger partial charge < -0.3 is 5.73 Å². The summed E-state index contributed by atoms with van der Waals surface area (Å²) in [4.78, 5) is 0. The molecule has 3 rings (SSSR count). The Kier molecular flexibility index (Phi) is 3.17. The first-order valence-electron chi connectivity index (χ1n) is 6.42. The summed E-state index contributed by atoms with van der Waals surface area (Å²) in [7, 11) is 0. The SMILES string of the molecule is Cc1cc(-c2[nH]nc(N)c2-c2ccc(F)cc2)ccc1F. The predicted octanol–water partition coefficient (Wildman–Crippen LogP) is 3.91. The van der Waals surface area contributed by atoms with Crippen LogP contribution in [0.3, 0.4) is 0 Å². The van der Waals surface area contributed by atoms with E-state index >= 15 is 0 Å². The molecule has 3 N–H and O–H groups in total. The average Bonchev–Trinajstić information content (AvgIpc) is 2.85. The van der Waals surface area contributed by atoms with Crippen LogP contribution in [0.1, 0.15) is 5.56 Å². The Morgan fingerprint density at radius 3 is 2.33 bits per heavy atom. The number of benzene rings is 2. The van der Waals surface area contributed by atoms with E-state index in [0.29, 0.717) is 22.6 Å². The standard InChI is InChI=1S/C16H13F2N3/c1-9-8-11(4-7-13(9)18)15-14(16(19)21-20-15)10-2-5-12(17)6-3-10/h2-8H,1H3,(H3,19,20,21). The quantitative estimate of drug-likeness (QED) is 0.750. The minimum Gasteiger partial charge on any atom is -0.382 e. The van der Waals surface area contributed by atoms with E-state index in [2.05, 4.69) is 10.2 Å². The molecule has 0 aliphatic rings. The minimum atomic E-state index is -0.319. The number of rotatable bonds is 2. The van der Waals surface area contributed by atoms with Crippen molar-refractivity contribution in [2.24, 2.45) is 0 Å². The van der Waals surface area contributed by atoms with Gasteiger partial charge in [0.1, 0.15) is 11.6 Å². The molecule has 0 aliphatic carbocycles. The van der Waals surface area contributed by atoms with Crippen molar-refractivity contribution in [1.29, 1.82) is 0 Å². The monoisotopic (exact) mass is 285 g/mol. The lowest BCUT2D eigenvalue weighted by Gasteiger charge is -2.06. The van der Waals surface area contributed by atoms with Gasteiger partial charge in [0.05, 0.1) is 11.3 Å². The first kappa shape index (κ1) is 13.3. The van der Waals surface area contributed by atoms with Crippen LogP contribution in [0.15, 0.2) is 42.5 Å². The van der Waals surface area contributed by atoms with Crippen LogP contribution in [-0.2, 0) is 0 Å². The Morgan fingerprint density at radius 1 is 1.00 bits per heavy atom. The van der Waals surface area contributed by atoms with Crippen LogP contribution in [0.25, 0.3) is 22.4 Å². The summed E-state index contributed by atoms with van der Waals surface area (Å²) in [5, 5.41) is 6.87. The lowest BCUT2D eigenvalue weighted by Crippen LogP contribution is -1.90. The lowest BCUT2D eigenvalue weighted by atomic mass is 9.99. The van der Waals surface area contributed by atoms with Crippen molar-refractivity contribution in [1.82, 2.24) is 10.2 Å². The highest BCUT2D eigenvalue weighted by Gasteiger charge is 2.15. The number of nitrogens with zero attached hydrogens (tertiary/aromatic N) is 1.